The zero-order valence-electron chi connectivity index (χ0n) is 12.6. The first-order chi connectivity index (χ1) is 10.3. The predicted octanol–water partition coefficient (Wildman–Crippen LogP) is 2.79. The van der Waals surface area contributed by atoms with Crippen LogP contribution in [0.2, 0.25) is 0 Å². The van der Waals surface area contributed by atoms with Gasteiger partial charge in [-0.1, -0.05) is 12.1 Å². The number of nitrogens with zero attached hydrogens (tertiary/aromatic N) is 4. The smallest absolute Gasteiger partial charge is 0.191 e. The highest BCUT2D eigenvalue weighted by atomic mass is 127. The van der Waals surface area contributed by atoms with Crippen molar-refractivity contribution in [3.8, 4) is 5.69 Å². The van der Waals surface area contributed by atoms with Gasteiger partial charge in [-0.05, 0) is 43.0 Å². The highest BCUT2D eigenvalue weighted by Gasteiger charge is 2.11. The second-order valence-corrected chi connectivity index (χ2v) is 5.34. The molecule has 2 heterocycles. The van der Waals surface area contributed by atoms with Crippen molar-refractivity contribution < 1.29 is 0 Å². The zero-order valence-corrected chi connectivity index (χ0v) is 14.9. The minimum Gasteiger partial charge on any atom is -0.370 e. The second-order valence-electron chi connectivity index (χ2n) is 5.34. The van der Waals surface area contributed by atoms with Gasteiger partial charge in [-0.25, -0.2) is 9.67 Å². The fourth-order valence-electron chi connectivity index (χ4n) is 2.61. The number of likely N-dealkylation sites (tertiary alicyclic amines) is 1. The Hall–Kier alpha value is -1.57. The fourth-order valence-corrected chi connectivity index (χ4v) is 2.61. The number of hydrogen-bond donors (Lipinski definition) is 1. The van der Waals surface area contributed by atoms with Gasteiger partial charge >= 0.3 is 0 Å². The lowest BCUT2D eigenvalue weighted by atomic mass is 10.1. The van der Waals surface area contributed by atoms with Crippen molar-refractivity contribution >= 4 is 29.9 Å². The van der Waals surface area contributed by atoms with Crippen LogP contribution in [-0.4, -0.2) is 33.7 Å². The first-order valence-electron chi connectivity index (χ1n) is 7.47. The lowest BCUT2D eigenvalue weighted by Gasteiger charge is -2.27. The van der Waals surface area contributed by atoms with Crippen LogP contribution in [0.25, 0.3) is 5.69 Å². The normalized spacial score (nSPS) is 15.5. The van der Waals surface area contributed by atoms with Crippen molar-refractivity contribution in [1.29, 1.82) is 0 Å². The molecule has 22 heavy (non-hydrogen) atoms. The number of piperidine rings is 1. The van der Waals surface area contributed by atoms with Gasteiger partial charge in [0, 0.05) is 25.5 Å². The van der Waals surface area contributed by atoms with Crippen molar-refractivity contribution in [3.63, 3.8) is 0 Å². The number of nitrogens with two attached hydrogens (primary N) is 1. The molecule has 2 N–H and O–H groups in total. The van der Waals surface area contributed by atoms with E-state index >= 15 is 0 Å². The molecule has 0 unspecified atom stereocenters. The average Bonchev–Trinajstić information content (AvgIpc) is 3.08. The van der Waals surface area contributed by atoms with E-state index in [0.29, 0.717) is 12.5 Å². The minimum absolute atomic E-state index is 0. The van der Waals surface area contributed by atoms with Crippen LogP contribution in [0.5, 0.6) is 0 Å². The van der Waals surface area contributed by atoms with Crippen LogP contribution in [0, 0.1) is 0 Å². The third-order valence-corrected chi connectivity index (χ3v) is 3.78. The number of halogens is 1. The van der Waals surface area contributed by atoms with Crippen LogP contribution in [0.1, 0.15) is 24.8 Å². The van der Waals surface area contributed by atoms with Crippen molar-refractivity contribution in [3.05, 3.63) is 48.3 Å². The molecule has 5 nitrogen and oxygen atoms in total. The van der Waals surface area contributed by atoms with Gasteiger partial charge in [0.1, 0.15) is 0 Å². The van der Waals surface area contributed by atoms with Gasteiger partial charge in [0.25, 0.3) is 0 Å². The highest BCUT2D eigenvalue weighted by Crippen LogP contribution is 2.12. The van der Waals surface area contributed by atoms with Crippen molar-refractivity contribution in [1.82, 2.24) is 14.7 Å². The van der Waals surface area contributed by atoms with Crippen LogP contribution in [0.4, 0.5) is 0 Å². The van der Waals surface area contributed by atoms with Crippen LogP contribution in [0.3, 0.4) is 0 Å². The fraction of sp³-hybridized carbons (Fsp3) is 0.375. The maximum Gasteiger partial charge on any atom is 0.191 e. The Labute approximate surface area is 148 Å². The SMILES string of the molecule is I.NC(=NCc1cccc(-n2cccn2)c1)N1CCCCC1. The standard InChI is InChI=1S/C16H21N5.HI/c17-16(20-9-2-1-3-10-20)18-13-14-6-4-7-15(12-14)21-11-5-8-19-21;/h4-8,11-12H,1-3,9-10,13H2,(H2,17,18);1H. The summed E-state index contributed by atoms with van der Waals surface area (Å²) in [5, 5.41) is 4.24. The molecule has 0 radical (unpaired) electrons. The molecule has 0 amide bonds. The summed E-state index contributed by atoms with van der Waals surface area (Å²) in [6.45, 7) is 2.67. The third-order valence-electron chi connectivity index (χ3n) is 3.78. The van der Waals surface area contributed by atoms with Gasteiger partial charge in [0.2, 0.25) is 0 Å². The lowest BCUT2D eigenvalue weighted by Crippen LogP contribution is -2.40. The Kier molecular flexibility index (Phi) is 6.23. The van der Waals surface area contributed by atoms with Crippen molar-refractivity contribution in [2.75, 3.05) is 13.1 Å². The predicted molar refractivity (Wildman–Crippen MR) is 99.7 cm³/mol. The van der Waals surface area contributed by atoms with E-state index < -0.39 is 0 Å². The van der Waals surface area contributed by atoms with E-state index in [0.717, 1.165) is 24.3 Å². The topological polar surface area (TPSA) is 59.4 Å². The van der Waals surface area contributed by atoms with E-state index in [4.69, 9.17) is 5.73 Å². The van der Waals surface area contributed by atoms with E-state index in [2.05, 4.69) is 27.1 Å². The first-order valence-corrected chi connectivity index (χ1v) is 7.47. The molecule has 1 aliphatic rings. The molecule has 0 aliphatic carbocycles. The quantitative estimate of drug-likeness (QED) is 0.480. The van der Waals surface area contributed by atoms with Gasteiger partial charge < -0.3 is 10.6 Å². The molecule has 0 bridgehead atoms. The average molecular weight is 411 g/mol. The molecule has 0 saturated carbocycles. The molecule has 3 rings (SSSR count). The van der Waals surface area contributed by atoms with Crippen LogP contribution in [-0.2, 0) is 6.54 Å². The minimum atomic E-state index is 0. The van der Waals surface area contributed by atoms with Gasteiger partial charge in [-0.15, -0.1) is 24.0 Å². The monoisotopic (exact) mass is 411 g/mol. The van der Waals surface area contributed by atoms with E-state index in [9.17, 15) is 0 Å². The van der Waals surface area contributed by atoms with Gasteiger partial charge in [0.05, 0.1) is 12.2 Å². The highest BCUT2D eigenvalue weighted by molar-refractivity contribution is 14.0. The molecule has 2 aromatic rings. The maximum absolute atomic E-state index is 6.09. The molecule has 1 aromatic carbocycles. The molecule has 0 spiro atoms. The van der Waals surface area contributed by atoms with Crippen LogP contribution < -0.4 is 5.73 Å². The first kappa shape index (κ1) is 16.8. The van der Waals surface area contributed by atoms with Crippen LogP contribution >= 0.6 is 24.0 Å². The maximum atomic E-state index is 6.09. The van der Waals surface area contributed by atoms with E-state index in [1.54, 1.807) is 6.20 Å². The lowest BCUT2D eigenvalue weighted by molar-refractivity contribution is 0.338. The third kappa shape index (κ3) is 4.22. The number of aliphatic imine (C=N–C) groups is 1. The van der Waals surface area contributed by atoms with Crippen molar-refractivity contribution in [2.24, 2.45) is 10.7 Å². The number of guanidine groups is 1. The molecule has 6 heteroatoms. The molecule has 118 valence electrons. The summed E-state index contributed by atoms with van der Waals surface area (Å²) in [5.41, 5.74) is 8.27. The van der Waals surface area contributed by atoms with Gasteiger partial charge in [0.15, 0.2) is 5.96 Å². The number of benzene rings is 1. The summed E-state index contributed by atoms with van der Waals surface area (Å²) >= 11 is 0. The Morgan fingerprint density at radius 2 is 2.00 bits per heavy atom. The molecular formula is C16H22IN5. The molecular weight excluding hydrogens is 389 g/mol. The largest absolute Gasteiger partial charge is 0.370 e. The molecule has 0 atom stereocenters. The number of hydrogen-bond acceptors (Lipinski definition) is 2. The summed E-state index contributed by atoms with van der Waals surface area (Å²) < 4.78 is 1.85. The Bertz CT molecular complexity index is 603. The summed E-state index contributed by atoms with van der Waals surface area (Å²) in [7, 11) is 0. The van der Waals surface area contributed by atoms with E-state index in [-0.39, 0.29) is 24.0 Å². The molecule has 1 saturated heterocycles. The van der Waals surface area contributed by atoms with E-state index in [1.807, 2.05) is 29.1 Å². The molecule has 1 aliphatic heterocycles. The zero-order chi connectivity index (χ0) is 14.5. The summed E-state index contributed by atoms with van der Waals surface area (Å²) in [6, 6.07) is 10.1. The Morgan fingerprint density at radius 1 is 1.18 bits per heavy atom. The summed E-state index contributed by atoms with van der Waals surface area (Å²) in [4.78, 5) is 6.71. The van der Waals surface area contributed by atoms with Crippen LogP contribution in [0.15, 0.2) is 47.7 Å². The van der Waals surface area contributed by atoms with Gasteiger partial charge in [-0.3, -0.25) is 0 Å². The Morgan fingerprint density at radius 3 is 2.73 bits per heavy atom. The van der Waals surface area contributed by atoms with Gasteiger partial charge in [-0.2, -0.15) is 5.10 Å². The van der Waals surface area contributed by atoms with E-state index in [1.165, 1.54) is 19.3 Å². The molecule has 1 fully saturated rings. The second kappa shape index (κ2) is 8.17. The molecule has 1 aromatic heterocycles. The number of aromatic nitrogens is 2. The number of rotatable bonds is 3. The summed E-state index contributed by atoms with van der Waals surface area (Å²) in [6.07, 6.45) is 7.44. The van der Waals surface area contributed by atoms with Crippen molar-refractivity contribution in [2.45, 2.75) is 25.8 Å². The summed E-state index contributed by atoms with van der Waals surface area (Å²) in [5.74, 6) is 0.666. The Balaban J connectivity index is 0.00000176.